The molecule has 1 aliphatic rings. The molecule has 2 aromatic rings. The molecule has 3 N–H and O–H groups in total. The number of aliphatic hydroxyl groups excluding tert-OH is 1. The Morgan fingerprint density at radius 2 is 2.06 bits per heavy atom. The first-order valence-corrected chi connectivity index (χ1v) is 11.8. The van der Waals surface area contributed by atoms with Crippen LogP contribution in [0, 0.1) is 0 Å². The summed E-state index contributed by atoms with van der Waals surface area (Å²) in [7, 11) is 0. The van der Waals surface area contributed by atoms with E-state index < -0.39 is 11.6 Å². The molecule has 3 rings (SSSR count). The number of aliphatic imine (C=N–C) groups is 1. The lowest BCUT2D eigenvalue weighted by Crippen LogP contribution is -2.52. The molecule has 0 spiro atoms. The molecule has 0 unspecified atom stereocenters. The summed E-state index contributed by atoms with van der Waals surface area (Å²) in [5.41, 5.74) is 6.10. The van der Waals surface area contributed by atoms with E-state index >= 15 is 0 Å². The van der Waals surface area contributed by atoms with Gasteiger partial charge in [0.05, 0.1) is 6.61 Å². The van der Waals surface area contributed by atoms with Gasteiger partial charge in [0.25, 0.3) is 5.91 Å². The van der Waals surface area contributed by atoms with Gasteiger partial charge in [0.2, 0.25) is 5.90 Å². The molecule has 1 heterocycles. The smallest absolute Gasteiger partial charge is 0.266 e. The lowest BCUT2D eigenvalue weighted by Gasteiger charge is -2.30. The lowest BCUT2D eigenvalue weighted by atomic mass is 9.84. The van der Waals surface area contributed by atoms with Crippen molar-refractivity contribution in [3.05, 3.63) is 76.8 Å². The zero-order valence-corrected chi connectivity index (χ0v) is 20.3. The van der Waals surface area contributed by atoms with Crippen molar-refractivity contribution in [2.45, 2.75) is 37.8 Å². The van der Waals surface area contributed by atoms with Gasteiger partial charge in [-0.25, -0.2) is 10.4 Å². The minimum atomic E-state index is -1.22. The Kier molecular flexibility index (Phi) is 9.05. The van der Waals surface area contributed by atoms with Crippen molar-refractivity contribution < 1.29 is 19.4 Å². The van der Waals surface area contributed by atoms with Gasteiger partial charge >= 0.3 is 0 Å². The highest BCUT2D eigenvalue weighted by Crippen LogP contribution is 2.44. The topological polar surface area (TPSA) is 92.2 Å². The van der Waals surface area contributed by atoms with E-state index in [4.69, 9.17) is 19.6 Å². The molecule has 2 atom stereocenters. The van der Waals surface area contributed by atoms with Gasteiger partial charge in [0, 0.05) is 41.6 Å². The zero-order valence-electron chi connectivity index (χ0n) is 18.7. The maximum Gasteiger partial charge on any atom is 0.266 e. The number of carbonyl (C=O) groups excluding carboxylic acids is 1. The number of hydrazine groups is 1. The Balaban J connectivity index is 1.97. The molecule has 1 aliphatic heterocycles. The normalized spacial score (nSPS) is 19.5. The van der Waals surface area contributed by atoms with Crippen molar-refractivity contribution >= 4 is 27.7 Å². The summed E-state index contributed by atoms with van der Waals surface area (Å²) in [6, 6.07) is 15.0. The third-order valence-corrected chi connectivity index (χ3v) is 5.97. The molecule has 0 saturated heterocycles. The van der Waals surface area contributed by atoms with E-state index in [0.717, 1.165) is 22.0 Å². The van der Waals surface area contributed by atoms with Crippen LogP contribution in [0.4, 0.5) is 0 Å². The number of halogens is 1. The van der Waals surface area contributed by atoms with E-state index in [0.29, 0.717) is 37.6 Å². The molecular weight excluding hydrogens is 486 g/mol. The SMILES string of the molecule is C=CC[C@]1(C(=O)NNCCC)N=C(c2ccc(OCCCO)cc2)O[C@H]1c1ccccc1Br. The third-order valence-electron chi connectivity index (χ3n) is 5.25. The highest BCUT2D eigenvalue weighted by Gasteiger charge is 2.53. The molecular formula is C25H30BrN3O4. The largest absolute Gasteiger partial charge is 0.494 e. The highest BCUT2D eigenvalue weighted by molar-refractivity contribution is 9.10. The number of benzene rings is 2. The van der Waals surface area contributed by atoms with Crippen molar-refractivity contribution in [1.29, 1.82) is 0 Å². The number of nitrogens with one attached hydrogen (secondary N) is 2. The summed E-state index contributed by atoms with van der Waals surface area (Å²) in [6.07, 6.45) is 2.78. The Morgan fingerprint density at radius 1 is 1.30 bits per heavy atom. The number of rotatable bonds is 12. The van der Waals surface area contributed by atoms with Crippen LogP contribution in [0.2, 0.25) is 0 Å². The first-order chi connectivity index (χ1) is 16.1. The van der Waals surface area contributed by atoms with Crippen LogP contribution in [-0.2, 0) is 9.53 Å². The summed E-state index contributed by atoms with van der Waals surface area (Å²) in [5, 5.41) is 8.92. The van der Waals surface area contributed by atoms with Gasteiger partial charge in [0.15, 0.2) is 11.6 Å². The van der Waals surface area contributed by atoms with Gasteiger partial charge in [-0.3, -0.25) is 10.2 Å². The Morgan fingerprint density at radius 3 is 2.73 bits per heavy atom. The highest BCUT2D eigenvalue weighted by atomic mass is 79.9. The van der Waals surface area contributed by atoms with Crippen LogP contribution in [-0.4, -0.2) is 42.2 Å². The summed E-state index contributed by atoms with van der Waals surface area (Å²) in [5.74, 6) is 0.785. The Hall–Kier alpha value is -2.68. The number of nitrogens with zero attached hydrogens (tertiary/aromatic N) is 1. The van der Waals surface area contributed by atoms with E-state index in [-0.39, 0.29) is 12.5 Å². The average molecular weight is 516 g/mol. The minimum Gasteiger partial charge on any atom is -0.494 e. The van der Waals surface area contributed by atoms with Crippen LogP contribution in [0.15, 0.2) is 70.7 Å². The quantitative estimate of drug-likeness (QED) is 0.225. The summed E-state index contributed by atoms with van der Waals surface area (Å²) < 4.78 is 12.8. The number of amides is 1. The molecule has 0 saturated carbocycles. The van der Waals surface area contributed by atoms with Gasteiger partial charge in [-0.2, -0.15) is 0 Å². The molecule has 7 nitrogen and oxygen atoms in total. The molecule has 0 radical (unpaired) electrons. The van der Waals surface area contributed by atoms with Gasteiger partial charge in [-0.15, -0.1) is 6.58 Å². The molecule has 0 aliphatic carbocycles. The van der Waals surface area contributed by atoms with E-state index in [1.54, 1.807) is 6.08 Å². The molecule has 176 valence electrons. The van der Waals surface area contributed by atoms with Crippen LogP contribution >= 0.6 is 15.9 Å². The monoisotopic (exact) mass is 515 g/mol. The minimum absolute atomic E-state index is 0.0831. The van der Waals surface area contributed by atoms with Crippen molar-refractivity contribution in [2.24, 2.45) is 4.99 Å². The van der Waals surface area contributed by atoms with Crippen LogP contribution in [0.3, 0.4) is 0 Å². The Labute approximate surface area is 203 Å². The molecule has 1 amide bonds. The van der Waals surface area contributed by atoms with E-state index in [1.165, 1.54) is 0 Å². The molecule has 0 fully saturated rings. The average Bonchev–Trinajstić information content (AvgIpc) is 3.21. The predicted octanol–water partition coefficient (Wildman–Crippen LogP) is 4.07. The number of aliphatic hydroxyl groups is 1. The maximum absolute atomic E-state index is 13.4. The van der Waals surface area contributed by atoms with Gasteiger partial charge < -0.3 is 14.6 Å². The third kappa shape index (κ3) is 5.82. The maximum atomic E-state index is 13.4. The fourth-order valence-corrected chi connectivity index (χ4v) is 4.07. The zero-order chi connectivity index (χ0) is 23.7. The van der Waals surface area contributed by atoms with Crippen LogP contribution < -0.4 is 15.6 Å². The molecule has 33 heavy (non-hydrogen) atoms. The van der Waals surface area contributed by atoms with Crippen LogP contribution in [0.25, 0.3) is 0 Å². The van der Waals surface area contributed by atoms with Gasteiger partial charge in [0.1, 0.15) is 5.75 Å². The Bertz CT molecular complexity index is 980. The second-order valence-electron chi connectivity index (χ2n) is 7.68. The van der Waals surface area contributed by atoms with Crippen molar-refractivity contribution in [3.8, 4) is 5.75 Å². The fourth-order valence-electron chi connectivity index (χ4n) is 3.58. The second-order valence-corrected chi connectivity index (χ2v) is 8.54. The number of ether oxygens (including phenoxy) is 2. The number of hydrogen-bond donors (Lipinski definition) is 3. The van der Waals surface area contributed by atoms with Crippen LogP contribution in [0.1, 0.15) is 43.4 Å². The first-order valence-electron chi connectivity index (χ1n) is 11.0. The molecule has 0 aromatic heterocycles. The number of hydrogen-bond acceptors (Lipinski definition) is 6. The van der Waals surface area contributed by atoms with E-state index in [2.05, 4.69) is 33.4 Å². The molecule has 8 heteroatoms. The first kappa shape index (κ1) is 25.0. The summed E-state index contributed by atoms with van der Waals surface area (Å²) in [6.45, 7) is 7.06. The molecule has 0 bridgehead atoms. The van der Waals surface area contributed by atoms with E-state index in [1.807, 2.05) is 55.5 Å². The fraction of sp³-hybridized carbons (Fsp3) is 0.360. The van der Waals surface area contributed by atoms with Gasteiger partial charge in [-0.05, 0) is 36.8 Å². The van der Waals surface area contributed by atoms with Crippen molar-refractivity contribution in [3.63, 3.8) is 0 Å². The predicted molar refractivity (Wildman–Crippen MR) is 132 cm³/mol. The molecule has 2 aromatic carbocycles. The summed E-state index contributed by atoms with van der Waals surface area (Å²) in [4.78, 5) is 18.3. The van der Waals surface area contributed by atoms with Crippen molar-refractivity contribution in [2.75, 3.05) is 19.8 Å². The van der Waals surface area contributed by atoms with E-state index in [9.17, 15) is 4.79 Å². The lowest BCUT2D eigenvalue weighted by molar-refractivity contribution is -0.129. The van der Waals surface area contributed by atoms with Crippen molar-refractivity contribution in [1.82, 2.24) is 10.9 Å². The number of carbonyl (C=O) groups is 1. The van der Waals surface area contributed by atoms with Gasteiger partial charge in [-0.1, -0.05) is 47.1 Å². The standard InChI is InChI=1S/C25H30BrN3O4/c1-3-14-25(24(31)29-27-15-4-2)22(20-8-5-6-9-21(20)26)33-23(28-25)18-10-12-19(13-11-18)32-17-7-16-30/h3,5-6,8-13,22,27,30H,1,4,7,14-17H2,2H3,(H,29,31)/t22-,25-/m0/s1. The van der Waals surface area contributed by atoms with Crippen LogP contribution in [0.5, 0.6) is 5.75 Å². The summed E-state index contributed by atoms with van der Waals surface area (Å²) >= 11 is 3.60. The second kappa shape index (κ2) is 12.0.